The van der Waals surface area contributed by atoms with Crippen LogP contribution in [0.2, 0.25) is 0 Å². The molecule has 0 aliphatic carbocycles. The van der Waals surface area contributed by atoms with Crippen LogP contribution in [0.3, 0.4) is 0 Å². The third-order valence-electron chi connectivity index (χ3n) is 5.94. The van der Waals surface area contributed by atoms with Gasteiger partial charge in [-0.2, -0.15) is 0 Å². The maximum Gasteiger partial charge on any atom is 0.269 e. The van der Waals surface area contributed by atoms with Gasteiger partial charge in [0.05, 0.1) is 10.5 Å². The molecule has 0 spiro atoms. The molecule has 3 aromatic carbocycles. The van der Waals surface area contributed by atoms with Crippen LogP contribution in [0.25, 0.3) is 17.0 Å². The Morgan fingerprint density at radius 3 is 2.62 bits per heavy atom. The molecule has 0 radical (unpaired) electrons. The highest BCUT2D eigenvalue weighted by Crippen LogP contribution is 2.38. The van der Waals surface area contributed by atoms with Crippen molar-refractivity contribution >= 4 is 28.4 Å². The second-order valence-corrected chi connectivity index (χ2v) is 8.15. The maximum atomic E-state index is 13.1. The molecule has 5 rings (SSSR count). The summed E-state index contributed by atoms with van der Waals surface area (Å²) >= 11 is 0. The number of para-hydroxylation sites is 1. The number of nitrogens with zero attached hydrogens (tertiary/aromatic N) is 2. The number of rotatable bonds is 6. The van der Waals surface area contributed by atoms with E-state index in [0.717, 1.165) is 34.1 Å². The number of ketones is 1. The first-order chi connectivity index (χ1) is 16.4. The molecule has 7 nitrogen and oxygen atoms in total. The van der Waals surface area contributed by atoms with Crippen molar-refractivity contribution in [1.29, 1.82) is 0 Å². The number of ether oxygens (including phenoxy) is 2. The van der Waals surface area contributed by atoms with Crippen molar-refractivity contribution < 1.29 is 19.2 Å². The molecule has 34 heavy (non-hydrogen) atoms. The van der Waals surface area contributed by atoms with Gasteiger partial charge in [-0.15, -0.1) is 0 Å². The van der Waals surface area contributed by atoms with Crippen molar-refractivity contribution in [3.05, 3.63) is 105 Å². The lowest BCUT2D eigenvalue weighted by Gasteiger charge is -2.09. The van der Waals surface area contributed by atoms with Crippen molar-refractivity contribution in [2.24, 2.45) is 0 Å². The van der Waals surface area contributed by atoms with Crippen molar-refractivity contribution in [3.8, 4) is 11.5 Å². The molecular formula is C27H22N2O5. The quantitative estimate of drug-likeness (QED) is 0.200. The molecule has 0 saturated carbocycles. The average molecular weight is 454 g/mol. The average Bonchev–Trinajstić information content (AvgIpc) is 3.35. The van der Waals surface area contributed by atoms with Gasteiger partial charge in [-0.1, -0.05) is 18.2 Å². The summed E-state index contributed by atoms with van der Waals surface area (Å²) in [6.45, 7) is 5.00. The first kappa shape index (κ1) is 21.5. The van der Waals surface area contributed by atoms with Gasteiger partial charge >= 0.3 is 0 Å². The van der Waals surface area contributed by atoms with E-state index in [1.54, 1.807) is 30.3 Å². The number of nitro groups is 1. The number of benzene rings is 3. The van der Waals surface area contributed by atoms with Gasteiger partial charge in [0.25, 0.3) is 5.69 Å². The highest BCUT2D eigenvalue weighted by atomic mass is 16.6. The Morgan fingerprint density at radius 2 is 1.88 bits per heavy atom. The second kappa shape index (κ2) is 8.51. The third-order valence-corrected chi connectivity index (χ3v) is 5.94. The predicted octanol–water partition coefficient (Wildman–Crippen LogP) is 6.07. The van der Waals surface area contributed by atoms with Crippen LogP contribution in [0, 0.1) is 17.0 Å². The number of hydrogen-bond acceptors (Lipinski definition) is 5. The summed E-state index contributed by atoms with van der Waals surface area (Å²) in [7, 11) is 0. The largest absolute Gasteiger partial charge is 0.489 e. The van der Waals surface area contributed by atoms with Crippen LogP contribution in [0.4, 0.5) is 5.69 Å². The fourth-order valence-corrected chi connectivity index (χ4v) is 4.23. The molecule has 0 N–H and O–H groups in total. The van der Waals surface area contributed by atoms with E-state index in [2.05, 4.69) is 17.6 Å². The molecule has 0 bridgehead atoms. The van der Waals surface area contributed by atoms with Crippen LogP contribution in [-0.2, 0) is 13.2 Å². The van der Waals surface area contributed by atoms with E-state index in [1.807, 2.05) is 31.3 Å². The number of aryl methyl sites for hydroxylation is 2. The van der Waals surface area contributed by atoms with Crippen LogP contribution in [-0.4, -0.2) is 15.3 Å². The summed E-state index contributed by atoms with van der Waals surface area (Å²) < 4.78 is 14.0. The van der Waals surface area contributed by atoms with Crippen LogP contribution < -0.4 is 9.47 Å². The Bertz CT molecular complexity index is 1460. The number of non-ortho nitro benzene ring substituents is 1. The molecule has 4 aromatic rings. The standard InChI is InChI=1S/C27H22N2O5/c1-3-28-15-19(22-6-4-5-7-23(22)28)13-25-27(30)26-17(2)12-21(14-24(26)34-25)33-16-18-8-10-20(11-9-18)29(31)32/h4-15H,3,16H2,1-2H3/b25-13-. The summed E-state index contributed by atoms with van der Waals surface area (Å²) in [6, 6.07) is 17.8. The number of carbonyl (C=O) groups excluding carboxylic acids is 1. The van der Waals surface area contributed by atoms with Crippen LogP contribution in [0.15, 0.2) is 72.6 Å². The van der Waals surface area contributed by atoms with E-state index in [0.29, 0.717) is 17.1 Å². The first-order valence-electron chi connectivity index (χ1n) is 11.0. The third kappa shape index (κ3) is 3.81. The predicted molar refractivity (Wildman–Crippen MR) is 129 cm³/mol. The SMILES string of the molecule is CCn1cc(/C=C2\Oc3cc(OCc4ccc([N+](=O)[O-])cc4)cc(C)c3C2=O)c2ccccc21. The lowest BCUT2D eigenvalue weighted by Crippen LogP contribution is -2.00. The number of carbonyl (C=O) groups is 1. The van der Waals surface area contributed by atoms with Crippen LogP contribution in [0.5, 0.6) is 11.5 Å². The zero-order valence-electron chi connectivity index (χ0n) is 18.8. The van der Waals surface area contributed by atoms with Crippen LogP contribution >= 0.6 is 0 Å². The van der Waals surface area contributed by atoms with Gasteiger partial charge < -0.3 is 14.0 Å². The Kier molecular flexibility index (Phi) is 5.37. The lowest BCUT2D eigenvalue weighted by molar-refractivity contribution is -0.384. The zero-order chi connectivity index (χ0) is 23.8. The van der Waals surface area contributed by atoms with Crippen molar-refractivity contribution in [2.45, 2.75) is 27.0 Å². The van der Waals surface area contributed by atoms with Gasteiger partial charge in [-0.3, -0.25) is 14.9 Å². The van der Waals surface area contributed by atoms with Gasteiger partial charge in [0.1, 0.15) is 18.1 Å². The minimum atomic E-state index is -0.437. The van der Waals surface area contributed by atoms with Crippen molar-refractivity contribution in [2.75, 3.05) is 0 Å². The molecular weight excluding hydrogens is 432 g/mol. The minimum absolute atomic E-state index is 0.0328. The van der Waals surface area contributed by atoms with Crippen molar-refractivity contribution in [3.63, 3.8) is 0 Å². The number of Topliss-reactive ketones (excluding diaryl/α,β-unsaturated/α-hetero) is 1. The maximum absolute atomic E-state index is 13.1. The topological polar surface area (TPSA) is 83.6 Å². The van der Waals surface area contributed by atoms with E-state index in [-0.39, 0.29) is 23.8 Å². The number of aromatic nitrogens is 1. The molecule has 1 aliphatic heterocycles. The Hall–Kier alpha value is -4.39. The summed E-state index contributed by atoms with van der Waals surface area (Å²) in [5, 5.41) is 11.9. The van der Waals surface area contributed by atoms with E-state index in [9.17, 15) is 14.9 Å². The highest BCUT2D eigenvalue weighted by molar-refractivity contribution is 6.16. The fraction of sp³-hybridized carbons (Fsp3) is 0.148. The molecule has 2 heterocycles. The van der Waals surface area contributed by atoms with Crippen molar-refractivity contribution in [1.82, 2.24) is 4.57 Å². The minimum Gasteiger partial charge on any atom is -0.489 e. The van der Waals surface area contributed by atoms with E-state index < -0.39 is 4.92 Å². The normalized spacial score (nSPS) is 13.8. The highest BCUT2D eigenvalue weighted by Gasteiger charge is 2.30. The smallest absolute Gasteiger partial charge is 0.269 e. The first-order valence-corrected chi connectivity index (χ1v) is 11.0. The van der Waals surface area contributed by atoms with E-state index in [1.165, 1.54) is 12.1 Å². The second-order valence-electron chi connectivity index (χ2n) is 8.15. The Labute approximate surface area is 196 Å². The van der Waals surface area contributed by atoms with Crippen LogP contribution in [0.1, 0.15) is 34.0 Å². The molecule has 1 aromatic heterocycles. The number of nitro benzene ring substituents is 1. The Balaban J connectivity index is 1.39. The molecule has 7 heteroatoms. The summed E-state index contributed by atoms with van der Waals surface area (Å²) in [5.41, 5.74) is 4.17. The van der Waals surface area contributed by atoms with Gasteiger partial charge in [-0.25, -0.2) is 0 Å². The lowest BCUT2D eigenvalue weighted by atomic mass is 10.0. The Morgan fingerprint density at radius 1 is 1.12 bits per heavy atom. The summed E-state index contributed by atoms with van der Waals surface area (Å²) in [5.74, 6) is 1.16. The molecule has 0 amide bonds. The van der Waals surface area contributed by atoms with E-state index in [4.69, 9.17) is 9.47 Å². The fourth-order valence-electron chi connectivity index (χ4n) is 4.23. The zero-order valence-corrected chi connectivity index (χ0v) is 18.8. The molecule has 0 atom stereocenters. The summed E-state index contributed by atoms with van der Waals surface area (Å²) in [6.07, 6.45) is 3.83. The van der Waals surface area contributed by atoms with Gasteiger partial charge in [0.15, 0.2) is 5.76 Å². The molecule has 0 unspecified atom stereocenters. The van der Waals surface area contributed by atoms with Gasteiger partial charge in [0, 0.05) is 47.4 Å². The molecule has 0 saturated heterocycles. The van der Waals surface area contributed by atoms with Gasteiger partial charge in [-0.05, 0) is 55.3 Å². The monoisotopic (exact) mass is 454 g/mol. The number of fused-ring (bicyclic) bond motifs is 2. The van der Waals surface area contributed by atoms with E-state index >= 15 is 0 Å². The molecule has 170 valence electrons. The number of hydrogen-bond donors (Lipinski definition) is 0. The molecule has 1 aliphatic rings. The summed E-state index contributed by atoms with van der Waals surface area (Å²) in [4.78, 5) is 23.5. The number of allylic oxidation sites excluding steroid dienone is 1. The molecule has 0 fully saturated rings. The van der Waals surface area contributed by atoms with Gasteiger partial charge in [0.2, 0.25) is 5.78 Å².